The molecule has 1 fully saturated rings. The van der Waals surface area contributed by atoms with Crippen molar-refractivity contribution in [2.45, 2.75) is 58.2 Å². The summed E-state index contributed by atoms with van der Waals surface area (Å²) in [6, 6.07) is 5.67. The number of hydrogen-bond donors (Lipinski definition) is 1. The van der Waals surface area contributed by atoms with Crippen molar-refractivity contribution in [3.8, 4) is 0 Å². The molecular weight excluding hydrogens is 318 g/mol. The van der Waals surface area contributed by atoms with Crippen LogP contribution in [0.25, 0.3) is 0 Å². The predicted molar refractivity (Wildman–Crippen MR) is 96.4 cm³/mol. The summed E-state index contributed by atoms with van der Waals surface area (Å²) in [4.78, 5) is 28.1. The zero-order chi connectivity index (χ0) is 18.2. The molecule has 0 aliphatic carbocycles. The van der Waals surface area contributed by atoms with Crippen molar-refractivity contribution in [2.24, 2.45) is 5.73 Å². The third-order valence-corrected chi connectivity index (χ3v) is 4.64. The zero-order valence-electron chi connectivity index (χ0n) is 15.2. The van der Waals surface area contributed by atoms with E-state index in [1.807, 2.05) is 32.9 Å². The molecule has 0 radical (unpaired) electrons. The SMILES string of the molecule is CC(C)(C)OC(=O)N1CCCc2ccc(N3CC[C@H](N)C3=O)cc2C1. The second-order valence-corrected chi connectivity index (χ2v) is 7.84. The van der Waals surface area contributed by atoms with Crippen molar-refractivity contribution in [2.75, 3.05) is 18.0 Å². The molecule has 0 unspecified atom stereocenters. The molecule has 1 atom stereocenters. The summed E-state index contributed by atoms with van der Waals surface area (Å²) in [5, 5.41) is 0. The average molecular weight is 345 g/mol. The lowest BCUT2D eigenvalue weighted by atomic mass is 10.0. The molecule has 1 aromatic carbocycles. The van der Waals surface area contributed by atoms with Gasteiger partial charge in [-0.15, -0.1) is 0 Å². The minimum atomic E-state index is -0.508. The Bertz CT molecular complexity index is 681. The molecule has 2 aliphatic rings. The number of nitrogens with two attached hydrogens (primary N) is 1. The van der Waals surface area contributed by atoms with Gasteiger partial charge in [-0.1, -0.05) is 6.07 Å². The van der Waals surface area contributed by atoms with Gasteiger partial charge in [-0.3, -0.25) is 4.79 Å². The van der Waals surface area contributed by atoms with Crippen LogP contribution in [0.1, 0.15) is 44.7 Å². The van der Waals surface area contributed by atoms with Gasteiger partial charge in [0.25, 0.3) is 0 Å². The van der Waals surface area contributed by atoms with Crippen molar-refractivity contribution >= 4 is 17.7 Å². The highest BCUT2D eigenvalue weighted by atomic mass is 16.6. The van der Waals surface area contributed by atoms with E-state index in [9.17, 15) is 9.59 Å². The van der Waals surface area contributed by atoms with Crippen LogP contribution in [0.15, 0.2) is 18.2 Å². The molecule has 2 amide bonds. The molecule has 25 heavy (non-hydrogen) atoms. The van der Waals surface area contributed by atoms with E-state index < -0.39 is 11.6 Å². The number of anilines is 1. The number of benzene rings is 1. The van der Waals surface area contributed by atoms with Crippen LogP contribution < -0.4 is 10.6 Å². The van der Waals surface area contributed by atoms with Crippen molar-refractivity contribution < 1.29 is 14.3 Å². The molecule has 6 heteroatoms. The molecule has 0 saturated carbocycles. The summed E-state index contributed by atoms with van der Waals surface area (Å²) in [5.74, 6) is -0.0300. The van der Waals surface area contributed by atoms with Gasteiger partial charge in [-0.25, -0.2) is 4.79 Å². The van der Waals surface area contributed by atoms with E-state index in [-0.39, 0.29) is 12.0 Å². The first-order valence-corrected chi connectivity index (χ1v) is 8.91. The Morgan fingerprint density at radius 1 is 1.24 bits per heavy atom. The fraction of sp³-hybridized carbons (Fsp3) is 0.579. The zero-order valence-corrected chi connectivity index (χ0v) is 15.2. The highest BCUT2D eigenvalue weighted by Gasteiger charge is 2.30. The number of aryl methyl sites for hydroxylation is 1. The molecule has 6 nitrogen and oxygen atoms in total. The van der Waals surface area contributed by atoms with Crippen LogP contribution in [0.2, 0.25) is 0 Å². The van der Waals surface area contributed by atoms with E-state index >= 15 is 0 Å². The van der Waals surface area contributed by atoms with Gasteiger partial charge < -0.3 is 20.3 Å². The normalized spacial score (nSPS) is 21.1. The maximum absolute atomic E-state index is 12.4. The van der Waals surface area contributed by atoms with Crippen LogP contribution in [-0.4, -0.2) is 41.6 Å². The van der Waals surface area contributed by atoms with Gasteiger partial charge in [0.15, 0.2) is 0 Å². The van der Waals surface area contributed by atoms with E-state index in [1.54, 1.807) is 9.80 Å². The first-order valence-electron chi connectivity index (χ1n) is 8.91. The van der Waals surface area contributed by atoms with Gasteiger partial charge in [0.05, 0.1) is 6.04 Å². The topological polar surface area (TPSA) is 75.9 Å². The van der Waals surface area contributed by atoms with Crippen molar-refractivity contribution in [3.63, 3.8) is 0 Å². The number of hydrogen-bond acceptors (Lipinski definition) is 4. The Kier molecular flexibility index (Phi) is 4.73. The lowest BCUT2D eigenvalue weighted by molar-refractivity contribution is -0.118. The van der Waals surface area contributed by atoms with Gasteiger partial charge in [0, 0.05) is 25.3 Å². The first kappa shape index (κ1) is 17.7. The number of ether oxygens (including phenoxy) is 1. The standard InChI is InChI=1S/C19H27N3O3/c1-19(2,3)25-18(24)21-9-4-5-13-6-7-15(11-14(13)12-21)22-10-8-16(20)17(22)23/h6-7,11,16H,4-5,8-10,12,20H2,1-3H3/t16-/m0/s1. The minimum Gasteiger partial charge on any atom is -0.444 e. The maximum Gasteiger partial charge on any atom is 0.410 e. The smallest absolute Gasteiger partial charge is 0.410 e. The van der Waals surface area contributed by atoms with E-state index in [0.717, 1.165) is 24.1 Å². The molecule has 1 saturated heterocycles. The van der Waals surface area contributed by atoms with Crippen molar-refractivity contribution in [1.82, 2.24) is 4.90 Å². The third-order valence-electron chi connectivity index (χ3n) is 4.64. The second-order valence-electron chi connectivity index (χ2n) is 7.84. The second kappa shape index (κ2) is 6.67. The fourth-order valence-corrected chi connectivity index (χ4v) is 3.36. The van der Waals surface area contributed by atoms with Crippen LogP contribution in [-0.2, 0) is 22.5 Å². The van der Waals surface area contributed by atoms with Crippen molar-refractivity contribution in [3.05, 3.63) is 29.3 Å². The van der Waals surface area contributed by atoms with Crippen LogP contribution in [0.4, 0.5) is 10.5 Å². The number of rotatable bonds is 1. The highest BCUT2D eigenvalue weighted by molar-refractivity contribution is 5.99. The summed E-state index contributed by atoms with van der Waals surface area (Å²) < 4.78 is 5.51. The molecule has 2 heterocycles. The fourth-order valence-electron chi connectivity index (χ4n) is 3.36. The summed E-state index contributed by atoms with van der Waals surface area (Å²) in [6.45, 7) is 7.44. The average Bonchev–Trinajstić information content (AvgIpc) is 2.74. The Balaban J connectivity index is 1.81. The van der Waals surface area contributed by atoms with Gasteiger partial charge in [0.1, 0.15) is 5.60 Å². The molecule has 136 valence electrons. The minimum absolute atomic E-state index is 0.0300. The number of fused-ring (bicyclic) bond motifs is 1. The van der Waals surface area contributed by atoms with Crippen LogP contribution in [0, 0.1) is 0 Å². The highest BCUT2D eigenvalue weighted by Crippen LogP contribution is 2.27. The van der Waals surface area contributed by atoms with Crippen molar-refractivity contribution in [1.29, 1.82) is 0 Å². The van der Waals surface area contributed by atoms with Gasteiger partial charge in [-0.2, -0.15) is 0 Å². The molecule has 3 rings (SSSR count). The Labute approximate surface area is 148 Å². The predicted octanol–water partition coefficient (Wildman–Crippen LogP) is 2.43. The first-order chi connectivity index (χ1) is 11.7. The van der Waals surface area contributed by atoms with Crippen LogP contribution >= 0.6 is 0 Å². The van der Waals surface area contributed by atoms with Crippen LogP contribution in [0.5, 0.6) is 0 Å². The molecule has 1 aromatic rings. The molecule has 2 aliphatic heterocycles. The molecule has 0 aromatic heterocycles. The van der Waals surface area contributed by atoms with Gasteiger partial charge >= 0.3 is 6.09 Å². The lowest BCUT2D eigenvalue weighted by Gasteiger charge is -2.27. The molecule has 2 N–H and O–H groups in total. The number of carbonyl (C=O) groups excluding carboxylic acids is 2. The number of amides is 2. The third kappa shape index (κ3) is 3.95. The maximum atomic E-state index is 12.4. The molecular formula is C19H27N3O3. The summed E-state index contributed by atoms with van der Waals surface area (Å²) in [7, 11) is 0. The number of carbonyl (C=O) groups is 2. The Morgan fingerprint density at radius 3 is 2.64 bits per heavy atom. The summed E-state index contributed by atoms with van der Waals surface area (Å²) >= 11 is 0. The van der Waals surface area contributed by atoms with Gasteiger partial charge in [-0.05, 0) is 63.3 Å². The molecule has 0 spiro atoms. The monoisotopic (exact) mass is 345 g/mol. The lowest BCUT2D eigenvalue weighted by Crippen LogP contribution is -2.36. The van der Waals surface area contributed by atoms with Gasteiger partial charge in [0.2, 0.25) is 5.91 Å². The number of nitrogens with zero attached hydrogens (tertiary/aromatic N) is 2. The van der Waals surface area contributed by atoms with E-state index in [2.05, 4.69) is 6.07 Å². The largest absolute Gasteiger partial charge is 0.444 e. The quantitative estimate of drug-likeness (QED) is 0.848. The van der Waals surface area contributed by atoms with Crippen LogP contribution in [0.3, 0.4) is 0 Å². The van der Waals surface area contributed by atoms with E-state index in [4.69, 9.17) is 10.5 Å². The molecule has 0 bridgehead atoms. The van der Waals surface area contributed by atoms with E-state index in [0.29, 0.717) is 26.1 Å². The van der Waals surface area contributed by atoms with E-state index in [1.165, 1.54) is 5.56 Å². The summed E-state index contributed by atoms with van der Waals surface area (Å²) in [6.07, 6.45) is 2.21. The Hall–Kier alpha value is -2.08. The Morgan fingerprint density at radius 2 is 2.00 bits per heavy atom. The summed E-state index contributed by atoms with van der Waals surface area (Å²) in [5.41, 5.74) is 8.49.